The van der Waals surface area contributed by atoms with E-state index in [1.807, 2.05) is 33.2 Å². The Labute approximate surface area is 93.5 Å². The third-order valence-corrected chi connectivity index (χ3v) is 1.99. The fourth-order valence-electron chi connectivity index (χ4n) is 1.12. The molecule has 0 aliphatic rings. The highest BCUT2D eigenvalue weighted by molar-refractivity contribution is 5.39. The van der Waals surface area contributed by atoms with Crippen molar-refractivity contribution in [2.75, 3.05) is 32.1 Å². The fourth-order valence-corrected chi connectivity index (χ4v) is 1.12. The Kier molecular flexibility index (Phi) is 7.64. The van der Waals surface area contributed by atoms with Crippen molar-refractivity contribution in [2.45, 2.75) is 20.8 Å². The average Bonchev–Trinajstić information content (AvgIpc) is 2.28. The van der Waals surface area contributed by atoms with E-state index in [1.165, 1.54) is 5.56 Å². The molecule has 0 spiro atoms. The van der Waals surface area contributed by atoms with Crippen molar-refractivity contribution in [1.82, 2.24) is 10.3 Å². The van der Waals surface area contributed by atoms with Crippen molar-refractivity contribution in [2.24, 2.45) is 0 Å². The summed E-state index contributed by atoms with van der Waals surface area (Å²) in [6, 6.07) is 4.10. The van der Waals surface area contributed by atoms with Crippen LogP contribution in [-0.2, 0) is 0 Å². The Balaban J connectivity index is 0.000000921. The first-order valence-corrected chi connectivity index (χ1v) is 5.52. The molecular weight excluding hydrogens is 186 g/mol. The number of anilines is 1. The molecule has 0 atom stereocenters. The first-order valence-electron chi connectivity index (χ1n) is 5.52. The van der Waals surface area contributed by atoms with Crippen molar-refractivity contribution in [1.29, 1.82) is 0 Å². The van der Waals surface area contributed by atoms with Crippen LogP contribution in [-0.4, -0.2) is 32.2 Å². The maximum atomic E-state index is 4.29. The van der Waals surface area contributed by atoms with E-state index in [0.29, 0.717) is 0 Å². The van der Waals surface area contributed by atoms with Crippen LogP contribution in [0.5, 0.6) is 0 Å². The molecule has 0 unspecified atom stereocenters. The molecule has 1 N–H and O–H groups in total. The molecule has 1 rings (SSSR count). The second kappa shape index (κ2) is 8.24. The van der Waals surface area contributed by atoms with Crippen molar-refractivity contribution >= 4 is 5.82 Å². The lowest BCUT2D eigenvalue weighted by Crippen LogP contribution is -2.27. The molecule has 3 heteroatoms. The second-order valence-electron chi connectivity index (χ2n) is 3.22. The third-order valence-electron chi connectivity index (χ3n) is 1.99. The monoisotopic (exact) mass is 209 g/mol. The molecule has 0 fully saturated rings. The van der Waals surface area contributed by atoms with Gasteiger partial charge in [0.05, 0.1) is 0 Å². The van der Waals surface area contributed by atoms with Gasteiger partial charge in [-0.3, -0.25) is 0 Å². The molecule has 0 bridgehead atoms. The molecular formula is C12H23N3. The zero-order chi connectivity index (χ0) is 11.7. The topological polar surface area (TPSA) is 28.2 Å². The molecule has 0 saturated heterocycles. The number of nitrogens with zero attached hydrogens (tertiary/aromatic N) is 2. The van der Waals surface area contributed by atoms with Gasteiger partial charge in [-0.1, -0.05) is 13.8 Å². The van der Waals surface area contributed by atoms with E-state index >= 15 is 0 Å². The SMILES string of the molecule is CC.CNCCN(C)c1cc(C)ccn1. The van der Waals surface area contributed by atoms with Crippen LogP contribution in [0.1, 0.15) is 19.4 Å². The van der Waals surface area contributed by atoms with Gasteiger partial charge in [-0.05, 0) is 31.7 Å². The van der Waals surface area contributed by atoms with E-state index < -0.39 is 0 Å². The Morgan fingerprint density at radius 3 is 2.60 bits per heavy atom. The lowest BCUT2D eigenvalue weighted by atomic mass is 10.3. The van der Waals surface area contributed by atoms with Gasteiger partial charge < -0.3 is 10.2 Å². The highest BCUT2D eigenvalue weighted by atomic mass is 15.2. The summed E-state index contributed by atoms with van der Waals surface area (Å²) in [6.07, 6.45) is 1.85. The molecule has 0 aromatic carbocycles. The molecule has 1 aromatic rings. The smallest absolute Gasteiger partial charge is 0.128 e. The Bertz CT molecular complexity index is 261. The van der Waals surface area contributed by atoms with Crippen molar-refractivity contribution < 1.29 is 0 Å². The number of likely N-dealkylation sites (N-methyl/N-ethyl adjacent to an activating group) is 2. The van der Waals surface area contributed by atoms with Crippen molar-refractivity contribution in [3.63, 3.8) is 0 Å². The number of rotatable bonds is 4. The van der Waals surface area contributed by atoms with E-state index in [2.05, 4.69) is 35.2 Å². The second-order valence-corrected chi connectivity index (χ2v) is 3.22. The Hall–Kier alpha value is -1.09. The largest absolute Gasteiger partial charge is 0.358 e. The van der Waals surface area contributed by atoms with E-state index in [4.69, 9.17) is 0 Å². The molecule has 0 aliphatic heterocycles. The minimum absolute atomic E-state index is 0.978. The molecule has 0 aliphatic carbocycles. The Morgan fingerprint density at radius 1 is 1.40 bits per heavy atom. The molecule has 86 valence electrons. The summed E-state index contributed by atoms with van der Waals surface area (Å²) in [7, 11) is 4.01. The number of nitrogens with one attached hydrogen (secondary N) is 1. The summed E-state index contributed by atoms with van der Waals surface area (Å²) in [5.74, 6) is 1.04. The van der Waals surface area contributed by atoms with Gasteiger partial charge >= 0.3 is 0 Å². The maximum absolute atomic E-state index is 4.29. The lowest BCUT2D eigenvalue weighted by Gasteiger charge is -2.17. The van der Waals surface area contributed by atoms with Gasteiger partial charge in [0.15, 0.2) is 0 Å². The van der Waals surface area contributed by atoms with Crippen LogP contribution in [0.2, 0.25) is 0 Å². The fraction of sp³-hybridized carbons (Fsp3) is 0.583. The first-order chi connectivity index (χ1) is 7.24. The lowest BCUT2D eigenvalue weighted by molar-refractivity contribution is 0.761. The highest BCUT2D eigenvalue weighted by Crippen LogP contribution is 2.09. The van der Waals surface area contributed by atoms with E-state index in [9.17, 15) is 0 Å². The number of pyridine rings is 1. The zero-order valence-corrected chi connectivity index (χ0v) is 10.5. The van der Waals surface area contributed by atoms with Crippen LogP contribution in [0, 0.1) is 6.92 Å². The van der Waals surface area contributed by atoms with Crippen LogP contribution in [0.15, 0.2) is 18.3 Å². The average molecular weight is 209 g/mol. The number of aromatic nitrogens is 1. The van der Waals surface area contributed by atoms with Gasteiger partial charge in [-0.25, -0.2) is 4.98 Å². The quantitative estimate of drug-likeness (QED) is 0.823. The predicted molar refractivity (Wildman–Crippen MR) is 67.5 cm³/mol. The number of hydrogen-bond donors (Lipinski definition) is 1. The molecule has 0 amide bonds. The van der Waals surface area contributed by atoms with E-state index in [1.54, 1.807) is 0 Å². The summed E-state index contributed by atoms with van der Waals surface area (Å²) in [5, 5.41) is 3.11. The summed E-state index contributed by atoms with van der Waals surface area (Å²) >= 11 is 0. The normalized spacial score (nSPS) is 9.13. The van der Waals surface area contributed by atoms with Crippen LogP contribution in [0.25, 0.3) is 0 Å². The van der Waals surface area contributed by atoms with Gasteiger partial charge in [0.2, 0.25) is 0 Å². The van der Waals surface area contributed by atoms with Gasteiger partial charge in [-0.2, -0.15) is 0 Å². The van der Waals surface area contributed by atoms with Gasteiger partial charge in [0.1, 0.15) is 5.82 Å². The molecule has 0 radical (unpaired) electrons. The van der Waals surface area contributed by atoms with Crippen molar-refractivity contribution in [3.05, 3.63) is 23.9 Å². The molecule has 1 aromatic heterocycles. The van der Waals surface area contributed by atoms with Crippen molar-refractivity contribution in [3.8, 4) is 0 Å². The summed E-state index contributed by atoms with van der Waals surface area (Å²) in [4.78, 5) is 6.43. The first kappa shape index (κ1) is 13.9. The van der Waals surface area contributed by atoms with Gasteiger partial charge in [0, 0.05) is 26.3 Å². The summed E-state index contributed by atoms with van der Waals surface area (Å²) in [6.45, 7) is 8.04. The standard InChI is InChI=1S/C10H17N3.C2H6/c1-9-4-5-12-10(8-9)13(3)7-6-11-2;1-2/h4-5,8,11H,6-7H2,1-3H3;1-2H3. The van der Waals surface area contributed by atoms with Gasteiger partial charge in [0.25, 0.3) is 0 Å². The number of hydrogen-bond acceptors (Lipinski definition) is 3. The minimum atomic E-state index is 0.978. The van der Waals surface area contributed by atoms with E-state index in [-0.39, 0.29) is 0 Å². The van der Waals surface area contributed by atoms with Crippen LogP contribution >= 0.6 is 0 Å². The highest BCUT2D eigenvalue weighted by Gasteiger charge is 2.00. The van der Waals surface area contributed by atoms with E-state index in [0.717, 1.165) is 18.9 Å². The van der Waals surface area contributed by atoms with Crippen LogP contribution in [0.3, 0.4) is 0 Å². The zero-order valence-electron chi connectivity index (χ0n) is 10.5. The van der Waals surface area contributed by atoms with Gasteiger partial charge in [-0.15, -0.1) is 0 Å². The molecule has 3 nitrogen and oxygen atoms in total. The van der Waals surface area contributed by atoms with Crippen LogP contribution in [0.4, 0.5) is 5.82 Å². The molecule has 0 saturated carbocycles. The molecule has 15 heavy (non-hydrogen) atoms. The summed E-state index contributed by atoms with van der Waals surface area (Å²) < 4.78 is 0. The minimum Gasteiger partial charge on any atom is -0.358 e. The summed E-state index contributed by atoms with van der Waals surface area (Å²) in [5.41, 5.74) is 1.25. The predicted octanol–water partition coefficient (Wildman–Crippen LogP) is 2.07. The van der Waals surface area contributed by atoms with Crippen LogP contribution < -0.4 is 10.2 Å². The molecule has 1 heterocycles. The Morgan fingerprint density at radius 2 is 2.07 bits per heavy atom. The number of aryl methyl sites for hydroxylation is 1. The third kappa shape index (κ3) is 5.37. The maximum Gasteiger partial charge on any atom is 0.128 e.